The number of pyridine rings is 1. The summed E-state index contributed by atoms with van der Waals surface area (Å²) in [6.45, 7) is 8.96. The number of rotatable bonds is 8. The first-order chi connectivity index (χ1) is 20.6. The number of likely N-dealkylation sites (tertiary alicyclic amines) is 1. The number of anilines is 2. The molecule has 2 aliphatic rings. The van der Waals surface area contributed by atoms with Crippen LogP contribution in [-0.4, -0.2) is 82.1 Å². The average Bonchev–Trinajstić information content (AvgIpc) is 3.47. The lowest BCUT2D eigenvalue weighted by atomic mass is 10.0. The van der Waals surface area contributed by atoms with Gasteiger partial charge in [0.1, 0.15) is 23.5 Å². The van der Waals surface area contributed by atoms with E-state index in [2.05, 4.69) is 53.0 Å². The highest BCUT2D eigenvalue weighted by Crippen LogP contribution is 2.29. The van der Waals surface area contributed by atoms with Crippen molar-refractivity contribution in [2.45, 2.75) is 25.4 Å². The van der Waals surface area contributed by atoms with E-state index in [-0.39, 0.29) is 17.9 Å². The van der Waals surface area contributed by atoms with Crippen LogP contribution in [0.15, 0.2) is 67.6 Å². The Labute approximate surface area is 244 Å². The van der Waals surface area contributed by atoms with Gasteiger partial charge < -0.3 is 25.3 Å². The summed E-state index contributed by atoms with van der Waals surface area (Å²) in [6, 6.07) is 13.7. The molecule has 2 aliphatic heterocycles. The number of ether oxygens (including phenoxy) is 1. The van der Waals surface area contributed by atoms with Crippen molar-refractivity contribution in [3.8, 4) is 11.3 Å². The van der Waals surface area contributed by atoms with Crippen LogP contribution in [-0.2, 0) is 16.1 Å². The molecule has 42 heavy (non-hydrogen) atoms. The van der Waals surface area contributed by atoms with Crippen LogP contribution in [0.25, 0.3) is 22.3 Å². The van der Waals surface area contributed by atoms with E-state index in [0.29, 0.717) is 24.6 Å². The number of H-pyrrole nitrogens is 1. The molecule has 5 heterocycles. The molecule has 3 aromatic heterocycles. The molecule has 3 N–H and O–H groups in total. The molecule has 0 unspecified atom stereocenters. The van der Waals surface area contributed by atoms with Crippen molar-refractivity contribution < 1.29 is 14.3 Å². The minimum absolute atomic E-state index is 0.126. The van der Waals surface area contributed by atoms with Gasteiger partial charge in [0.2, 0.25) is 5.91 Å². The normalized spacial score (nSPS) is 16.3. The standard InChI is InChI=1S/C31H34N8O3/c1-2-28(40)35-24-8-11-38(12-9-24)19-21-7-10-32-27(17-21)31(41)36-23-5-3-22(4-6-23)26-18-25-29(37-26)33-20-34-30(25)39-13-15-42-16-14-39/h2-7,10,17-18,20,24H,1,8-9,11-16,19H2,(H,35,40)(H,36,41)(H,33,34,37). The number of fused-ring (bicyclic) bond motifs is 1. The molecule has 0 bridgehead atoms. The first-order valence-corrected chi connectivity index (χ1v) is 14.2. The lowest BCUT2D eigenvalue weighted by Crippen LogP contribution is -2.43. The molecule has 11 heteroatoms. The molecule has 2 fully saturated rings. The molecular weight excluding hydrogens is 532 g/mol. The van der Waals surface area contributed by atoms with E-state index in [1.807, 2.05) is 36.4 Å². The Balaban J connectivity index is 1.07. The third-order valence-electron chi connectivity index (χ3n) is 7.75. The summed E-state index contributed by atoms with van der Waals surface area (Å²) in [4.78, 5) is 45.8. The Morgan fingerprint density at radius 2 is 1.81 bits per heavy atom. The predicted octanol–water partition coefficient (Wildman–Crippen LogP) is 3.38. The zero-order chi connectivity index (χ0) is 28.9. The van der Waals surface area contributed by atoms with Crippen LogP contribution in [0, 0.1) is 0 Å². The van der Waals surface area contributed by atoms with Crippen LogP contribution < -0.4 is 15.5 Å². The van der Waals surface area contributed by atoms with Crippen molar-refractivity contribution in [1.29, 1.82) is 0 Å². The molecule has 11 nitrogen and oxygen atoms in total. The number of nitrogens with one attached hydrogen (secondary N) is 3. The van der Waals surface area contributed by atoms with Crippen molar-refractivity contribution >= 4 is 34.4 Å². The molecule has 2 amide bonds. The topological polar surface area (TPSA) is 128 Å². The van der Waals surface area contributed by atoms with Crippen LogP contribution in [0.3, 0.4) is 0 Å². The number of carbonyl (C=O) groups is 2. The maximum atomic E-state index is 13.0. The SMILES string of the molecule is C=CC(=O)NC1CCN(Cc2ccnc(C(=O)Nc3ccc(-c4cc5c(N6CCOCC6)ncnc5[nH]4)cc3)c2)CC1. The summed E-state index contributed by atoms with van der Waals surface area (Å²) in [6.07, 6.45) is 6.34. The lowest BCUT2D eigenvalue weighted by Gasteiger charge is -2.32. The molecule has 216 valence electrons. The molecule has 0 radical (unpaired) electrons. The fourth-order valence-corrected chi connectivity index (χ4v) is 5.49. The Bertz CT molecular complexity index is 1570. The van der Waals surface area contributed by atoms with Crippen molar-refractivity contribution in [1.82, 2.24) is 30.2 Å². The fraction of sp³-hybridized carbons (Fsp3) is 0.323. The van der Waals surface area contributed by atoms with Gasteiger partial charge in [-0.05, 0) is 60.4 Å². The van der Waals surface area contributed by atoms with Gasteiger partial charge in [-0.2, -0.15) is 0 Å². The van der Waals surface area contributed by atoms with Gasteiger partial charge >= 0.3 is 0 Å². The molecule has 1 aromatic carbocycles. The highest BCUT2D eigenvalue weighted by atomic mass is 16.5. The first kappa shape index (κ1) is 27.6. The maximum Gasteiger partial charge on any atom is 0.274 e. The van der Waals surface area contributed by atoms with Crippen LogP contribution in [0.2, 0.25) is 0 Å². The van der Waals surface area contributed by atoms with Crippen molar-refractivity contribution in [2.75, 3.05) is 49.6 Å². The first-order valence-electron chi connectivity index (χ1n) is 14.2. The van der Waals surface area contributed by atoms with Crippen molar-refractivity contribution in [3.05, 3.63) is 78.9 Å². The number of hydrogen-bond acceptors (Lipinski definition) is 8. The maximum absolute atomic E-state index is 13.0. The summed E-state index contributed by atoms with van der Waals surface area (Å²) in [7, 11) is 0. The number of nitrogens with zero attached hydrogens (tertiary/aromatic N) is 5. The molecule has 4 aromatic rings. The summed E-state index contributed by atoms with van der Waals surface area (Å²) in [5.74, 6) is 0.524. The van der Waals surface area contributed by atoms with Gasteiger partial charge in [-0.1, -0.05) is 18.7 Å². The number of hydrogen-bond donors (Lipinski definition) is 3. The third kappa shape index (κ3) is 6.32. The lowest BCUT2D eigenvalue weighted by molar-refractivity contribution is -0.117. The number of morpholine rings is 1. The number of benzene rings is 1. The van der Waals surface area contributed by atoms with Gasteiger partial charge in [-0.25, -0.2) is 9.97 Å². The molecule has 0 aliphatic carbocycles. The second kappa shape index (κ2) is 12.5. The third-order valence-corrected chi connectivity index (χ3v) is 7.75. The summed E-state index contributed by atoms with van der Waals surface area (Å²) in [5.41, 5.74) is 4.77. The van der Waals surface area contributed by atoms with E-state index in [4.69, 9.17) is 4.74 Å². The number of aromatic nitrogens is 4. The summed E-state index contributed by atoms with van der Waals surface area (Å²) < 4.78 is 5.49. The summed E-state index contributed by atoms with van der Waals surface area (Å²) >= 11 is 0. The highest BCUT2D eigenvalue weighted by molar-refractivity contribution is 6.03. The second-order valence-corrected chi connectivity index (χ2v) is 10.6. The fourth-order valence-electron chi connectivity index (χ4n) is 5.49. The highest BCUT2D eigenvalue weighted by Gasteiger charge is 2.21. The zero-order valence-electron chi connectivity index (χ0n) is 23.4. The molecule has 2 saturated heterocycles. The monoisotopic (exact) mass is 566 g/mol. The van der Waals surface area contributed by atoms with E-state index in [0.717, 1.165) is 79.2 Å². The van der Waals surface area contributed by atoms with Crippen LogP contribution >= 0.6 is 0 Å². The second-order valence-electron chi connectivity index (χ2n) is 10.6. The molecule has 0 spiro atoms. The molecule has 0 atom stereocenters. The number of piperidine rings is 1. The Morgan fingerprint density at radius 1 is 1.02 bits per heavy atom. The number of aromatic amines is 1. The van der Waals surface area contributed by atoms with Gasteiger partial charge in [0.15, 0.2) is 0 Å². The Hall–Kier alpha value is -4.61. The summed E-state index contributed by atoms with van der Waals surface area (Å²) in [5, 5.41) is 6.91. The Kier molecular flexibility index (Phi) is 8.20. The van der Waals surface area contributed by atoms with Gasteiger partial charge in [-0.3, -0.25) is 19.5 Å². The van der Waals surface area contributed by atoms with E-state index in [9.17, 15) is 9.59 Å². The van der Waals surface area contributed by atoms with Gasteiger partial charge in [0.25, 0.3) is 5.91 Å². The van der Waals surface area contributed by atoms with Crippen LogP contribution in [0.1, 0.15) is 28.9 Å². The largest absolute Gasteiger partial charge is 0.378 e. The average molecular weight is 567 g/mol. The minimum Gasteiger partial charge on any atom is -0.378 e. The van der Waals surface area contributed by atoms with Crippen LogP contribution in [0.5, 0.6) is 0 Å². The number of carbonyl (C=O) groups excluding carboxylic acids is 2. The van der Waals surface area contributed by atoms with Crippen LogP contribution in [0.4, 0.5) is 11.5 Å². The molecule has 6 rings (SSSR count). The van der Waals surface area contributed by atoms with Crippen molar-refractivity contribution in [2.24, 2.45) is 0 Å². The van der Waals surface area contributed by atoms with Gasteiger partial charge in [-0.15, -0.1) is 0 Å². The Morgan fingerprint density at radius 3 is 2.57 bits per heavy atom. The molecular formula is C31H34N8O3. The van der Waals surface area contributed by atoms with E-state index < -0.39 is 0 Å². The zero-order valence-corrected chi connectivity index (χ0v) is 23.4. The van der Waals surface area contributed by atoms with E-state index in [1.54, 1.807) is 12.5 Å². The van der Waals surface area contributed by atoms with E-state index in [1.165, 1.54) is 6.08 Å². The van der Waals surface area contributed by atoms with Crippen molar-refractivity contribution in [3.63, 3.8) is 0 Å². The van der Waals surface area contributed by atoms with Gasteiger partial charge in [0, 0.05) is 56.3 Å². The van der Waals surface area contributed by atoms with Gasteiger partial charge in [0.05, 0.1) is 18.6 Å². The minimum atomic E-state index is -0.258. The predicted molar refractivity (Wildman–Crippen MR) is 161 cm³/mol. The number of amides is 2. The quantitative estimate of drug-likeness (QED) is 0.277. The molecule has 0 saturated carbocycles. The smallest absolute Gasteiger partial charge is 0.274 e. The van der Waals surface area contributed by atoms with E-state index >= 15 is 0 Å².